The minimum atomic E-state index is -4.27. The van der Waals surface area contributed by atoms with Crippen LogP contribution in [0.4, 0.5) is 0 Å². The molecule has 2 N–H and O–H groups in total. The summed E-state index contributed by atoms with van der Waals surface area (Å²) in [5.74, 6) is 0.624. The van der Waals surface area contributed by atoms with Gasteiger partial charge in [0.25, 0.3) is 0 Å². The number of hydrogen-bond acceptors (Lipinski definition) is 3. The molecule has 3 aromatic rings. The van der Waals surface area contributed by atoms with Gasteiger partial charge in [-0.1, -0.05) is 72.3 Å². The summed E-state index contributed by atoms with van der Waals surface area (Å²) in [5, 5.41) is 2.27. The molecular weight excluding hydrogens is 394 g/mol. The van der Waals surface area contributed by atoms with Crippen molar-refractivity contribution in [2.75, 3.05) is 13.6 Å². The predicted octanol–water partition coefficient (Wildman–Crippen LogP) is 3.80. The van der Waals surface area contributed by atoms with Crippen LogP contribution in [0.3, 0.4) is 0 Å². The average molecular weight is 426 g/mol. The molecule has 0 heterocycles. The molecule has 5 heteroatoms. The molecule has 0 aliphatic heterocycles. The van der Waals surface area contributed by atoms with Gasteiger partial charge in [-0.15, -0.1) is 0 Å². The largest absolute Gasteiger partial charge is 0.744 e. The molecule has 1 atom stereocenters. The SMILES string of the molecule is C[NH2+]CCC(Cc1ccccc1C)c1ccccc1.Cc1ccc(S(=O)(=O)[O-])cc1. The highest BCUT2D eigenvalue weighted by atomic mass is 32.2. The minimum Gasteiger partial charge on any atom is -0.744 e. The Morgan fingerprint density at radius 3 is 2.03 bits per heavy atom. The summed E-state index contributed by atoms with van der Waals surface area (Å²) in [5.41, 5.74) is 5.28. The minimum absolute atomic E-state index is 0.178. The van der Waals surface area contributed by atoms with Crippen LogP contribution in [0.2, 0.25) is 0 Å². The second-order valence-corrected chi connectivity index (χ2v) is 8.87. The molecule has 0 aromatic heterocycles. The molecule has 0 bridgehead atoms. The highest BCUT2D eigenvalue weighted by Crippen LogP contribution is 2.25. The van der Waals surface area contributed by atoms with Crippen LogP contribution in [0.15, 0.2) is 83.8 Å². The van der Waals surface area contributed by atoms with Crippen LogP contribution in [0.25, 0.3) is 0 Å². The van der Waals surface area contributed by atoms with Gasteiger partial charge in [0.2, 0.25) is 0 Å². The van der Waals surface area contributed by atoms with E-state index in [2.05, 4.69) is 73.9 Å². The fourth-order valence-electron chi connectivity index (χ4n) is 3.29. The molecule has 3 aromatic carbocycles. The first-order valence-electron chi connectivity index (χ1n) is 10.2. The van der Waals surface area contributed by atoms with Gasteiger partial charge in [0.1, 0.15) is 10.1 Å². The van der Waals surface area contributed by atoms with Crippen molar-refractivity contribution >= 4 is 10.1 Å². The van der Waals surface area contributed by atoms with Gasteiger partial charge in [0.05, 0.1) is 18.5 Å². The first-order chi connectivity index (χ1) is 14.3. The summed E-state index contributed by atoms with van der Waals surface area (Å²) >= 11 is 0. The Hall–Kier alpha value is -2.47. The Balaban J connectivity index is 0.000000248. The highest BCUT2D eigenvalue weighted by Gasteiger charge is 2.13. The van der Waals surface area contributed by atoms with Gasteiger partial charge in [0, 0.05) is 6.42 Å². The number of benzene rings is 3. The van der Waals surface area contributed by atoms with Crippen molar-refractivity contribution in [1.29, 1.82) is 0 Å². The topological polar surface area (TPSA) is 73.8 Å². The average Bonchev–Trinajstić information content (AvgIpc) is 2.73. The second-order valence-electron chi connectivity index (χ2n) is 7.49. The molecule has 0 saturated heterocycles. The standard InChI is InChI=1S/C18H23N.C7H8O3S/c1-15-8-6-7-11-17(15)14-18(12-13-19-2)16-9-4-3-5-10-16;1-6-2-4-7(5-3-6)11(8,9)10/h3-11,18-19H,12-14H2,1-2H3;2-5H,1H3,(H,8,9,10). The van der Waals surface area contributed by atoms with Crippen LogP contribution >= 0.6 is 0 Å². The Kier molecular flexibility index (Phi) is 9.24. The molecule has 0 radical (unpaired) electrons. The number of quaternary nitrogens is 1. The number of rotatable bonds is 7. The molecular formula is C25H31NO3S. The van der Waals surface area contributed by atoms with E-state index in [4.69, 9.17) is 0 Å². The van der Waals surface area contributed by atoms with Crippen molar-refractivity contribution in [3.8, 4) is 0 Å². The molecule has 0 fully saturated rings. The van der Waals surface area contributed by atoms with Gasteiger partial charge in [-0.3, -0.25) is 0 Å². The number of nitrogens with two attached hydrogens (primary N) is 1. The van der Waals surface area contributed by atoms with Crippen molar-refractivity contribution in [2.45, 2.75) is 37.5 Å². The van der Waals surface area contributed by atoms with E-state index < -0.39 is 10.1 Å². The highest BCUT2D eigenvalue weighted by molar-refractivity contribution is 7.85. The smallest absolute Gasteiger partial charge is 0.124 e. The second kappa shape index (κ2) is 11.6. The van der Waals surface area contributed by atoms with Crippen LogP contribution in [0, 0.1) is 13.8 Å². The maximum atomic E-state index is 10.4. The van der Waals surface area contributed by atoms with Crippen LogP contribution in [0.5, 0.6) is 0 Å². The first-order valence-corrected chi connectivity index (χ1v) is 11.6. The normalized spacial score (nSPS) is 12.0. The van der Waals surface area contributed by atoms with Crippen molar-refractivity contribution in [3.05, 3.63) is 101 Å². The van der Waals surface area contributed by atoms with E-state index >= 15 is 0 Å². The van der Waals surface area contributed by atoms with E-state index in [1.165, 1.54) is 41.8 Å². The Bertz CT molecular complexity index is 1000. The van der Waals surface area contributed by atoms with Crippen LogP contribution in [-0.4, -0.2) is 26.6 Å². The summed E-state index contributed by atoms with van der Waals surface area (Å²) in [6.07, 6.45) is 2.37. The van der Waals surface area contributed by atoms with Gasteiger partial charge in [-0.25, -0.2) is 8.42 Å². The van der Waals surface area contributed by atoms with Crippen LogP contribution < -0.4 is 5.32 Å². The summed E-state index contributed by atoms with van der Waals surface area (Å²) in [4.78, 5) is -0.178. The molecule has 1 unspecified atom stereocenters. The van der Waals surface area contributed by atoms with Crippen molar-refractivity contribution < 1.29 is 18.3 Å². The van der Waals surface area contributed by atoms with Gasteiger partial charge >= 0.3 is 0 Å². The lowest BCUT2D eigenvalue weighted by Gasteiger charge is -2.17. The maximum absolute atomic E-state index is 10.4. The Labute approximate surface area is 180 Å². The molecule has 0 saturated carbocycles. The Morgan fingerprint density at radius 1 is 0.867 bits per heavy atom. The van der Waals surface area contributed by atoms with E-state index in [1.54, 1.807) is 12.1 Å². The third-order valence-electron chi connectivity index (χ3n) is 5.11. The van der Waals surface area contributed by atoms with E-state index in [0.717, 1.165) is 12.0 Å². The zero-order chi connectivity index (χ0) is 22.0. The molecule has 160 valence electrons. The predicted molar refractivity (Wildman–Crippen MR) is 121 cm³/mol. The third-order valence-corrected chi connectivity index (χ3v) is 5.96. The Morgan fingerprint density at radius 2 is 1.47 bits per heavy atom. The number of hydrogen-bond donors (Lipinski definition) is 1. The van der Waals surface area contributed by atoms with Gasteiger partial charge in [-0.05, 0) is 55.0 Å². The summed E-state index contributed by atoms with van der Waals surface area (Å²) in [7, 11) is -2.12. The molecule has 30 heavy (non-hydrogen) atoms. The fourth-order valence-corrected chi connectivity index (χ4v) is 3.76. The summed E-state index contributed by atoms with van der Waals surface area (Å²) < 4.78 is 31.2. The quantitative estimate of drug-likeness (QED) is 0.585. The van der Waals surface area contributed by atoms with Gasteiger partial charge in [-0.2, -0.15) is 0 Å². The molecule has 0 spiro atoms. The molecule has 0 aliphatic carbocycles. The molecule has 3 rings (SSSR count). The maximum Gasteiger partial charge on any atom is 0.124 e. The van der Waals surface area contributed by atoms with Crippen molar-refractivity contribution in [1.82, 2.24) is 0 Å². The van der Waals surface area contributed by atoms with E-state index in [9.17, 15) is 13.0 Å². The van der Waals surface area contributed by atoms with E-state index in [1.807, 2.05) is 6.92 Å². The lowest BCUT2D eigenvalue weighted by atomic mass is 9.88. The van der Waals surface area contributed by atoms with E-state index in [0.29, 0.717) is 5.92 Å². The lowest BCUT2D eigenvalue weighted by molar-refractivity contribution is -0.627. The van der Waals surface area contributed by atoms with Crippen molar-refractivity contribution in [2.24, 2.45) is 0 Å². The van der Waals surface area contributed by atoms with Crippen LogP contribution in [0.1, 0.15) is 34.6 Å². The van der Waals surface area contributed by atoms with Crippen molar-refractivity contribution in [3.63, 3.8) is 0 Å². The van der Waals surface area contributed by atoms with Gasteiger partial charge < -0.3 is 9.87 Å². The zero-order valence-electron chi connectivity index (χ0n) is 17.9. The summed E-state index contributed by atoms with van der Waals surface area (Å²) in [6.45, 7) is 5.22. The third kappa shape index (κ3) is 7.75. The zero-order valence-corrected chi connectivity index (χ0v) is 18.7. The first kappa shape index (κ1) is 23.8. The summed E-state index contributed by atoms with van der Waals surface area (Å²) in [6, 6.07) is 25.4. The molecule has 0 amide bonds. The van der Waals surface area contributed by atoms with Crippen LogP contribution in [-0.2, 0) is 16.5 Å². The molecule has 0 aliphatic rings. The molecule has 4 nitrogen and oxygen atoms in total. The monoisotopic (exact) mass is 425 g/mol. The van der Waals surface area contributed by atoms with E-state index in [-0.39, 0.29) is 4.90 Å². The number of aryl methyl sites for hydroxylation is 2. The fraction of sp³-hybridized carbons (Fsp3) is 0.280. The lowest BCUT2D eigenvalue weighted by Crippen LogP contribution is -2.79. The van der Waals surface area contributed by atoms with Gasteiger partial charge in [0.15, 0.2) is 0 Å².